The van der Waals surface area contributed by atoms with E-state index >= 15 is 0 Å². The summed E-state index contributed by atoms with van der Waals surface area (Å²) in [7, 11) is -1.45. The van der Waals surface area contributed by atoms with Crippen molar-refractivity contribution in [1.82, 2.24) is 0 Å². The molecule has 8 rings (SSSR count). The molecule has 2 atom stereocenters. The fourth-order valence-electron chi connectivity index (χ4n) is 7.07. The molecule has 222 valence electrons. The van der Waals surface area contributed by atoms with Crippen molar-refractivity contribution in [3.8, 4) is 0 Å². The van der Waals surface area contributed by atoms with Crippen LogP contribution in [0.1, 0.15) is 22.3 Å². The number of rotatable bonds is 6. The van der Waals surface area contributed by atoms with Crippen molar-refractivity contribution in [2.24, 2.45) is 0 Å². The molecule has 0 spiro atoms. The lowest BCUT2D eigenvalue weighted by Gasteiger charge is -2.59. The Morgan fingerprint density at radius 2 is 0.565 bits per heavy atom. The highest BCUT2D eigenvalue weighted by Gasteiger charge is 2.66. The van der Waals surface area contributed by atoms with Crippen molar-refractivity contribution in [2.75, 3.05) is 0 Å². The topological polar surface area (TPSA) is 36.9 Å². The standard InChI is InChI=1S/C40H32B2O4/c1-7-19-31(20-8-1)39(32-21-9-2-10-22-32)37-38(44-41(45-39)35-27-15-5-16-28-35)40(33-23-11-3-12-24-33,34-25-13-4-14-26-34)46-42(43-37)36-29-17-6-18-30-36/h1-30,37-38H/t37-,38-/m1/s1. The molecule has 2 heterocycles. The van der Waals surface area contributed by atoms with Crippen molar-refractivity contribution in [2.45, 2.75) is 23.4 Å². The van der Waals surface area contributed by atoms with Crippen molar-refractivity contribution in [1.29, 1.82) is 0 Å². The van der Waals surface area contributed by atoms with Crippen LogP contribution in [0.25, 0.3) is 0 Å². The number of benzene rings is 6. The van der Waals surface area contributed by atoms with E-state index in [9.17, 15) is 0 Å². The highest BCUT2D eigenvalue weighted by Crippen LogP contribution is 2.53. The zero-order valence-corrected chi connectivity index (χ0v) is 25.3. The van der Waals surface area contributed by atoms with Gasteiger partial charge in [0.2, 0.25) is 0 Å². The highest BCUT2D eigenvalue weighted by molar-refractivity contribution is 6.62. The monoisotopic (exact) mass is 598 g/mol. The molecule has 2 saturated heterocycles. The van der Waals surface area contributed by atoms with Crippen LogP contribution in [0, 0.1) is 0 Å². The molecule has 6 aromatic rings. The second-order valence-electron chi connectivity index (χ2n) is 11.8. The summed E-state index contributed by atoms with van der Waals surface area (Å²) in [5.74, 6) is 0. The van der Waals surface area contributed by atoms with Crippen LogP contribution in [0.3, 0.4) is 0 Å². The zero-order valence-electron chi connectivity index (χ0n) is 25.3. The minimum absolute atomic E-state index is 0.642. The van der Waals surface area contributed by atoms with Crippen LogP contribution in [-0.4, -0.2) is 26.4 Å². The average Bonchev–Trinajstić information content (AvgIpc) is 3.16. The molecule has 6 aromatic carbocycles. The third-order valence-electron chi connectivity index (χ3n) is 9.16. The van der Waals surface area contributed by atoms with Gasteiger partial charge < -0.3 is 18.6 Å². The Balaban J connectivity index is 1.46. The van der Waals surface area contributed by atoms with E-state index in [1.807, 2.05) is 60.7 Å². The van der Waals surface area contributed by atoms with E-state index in [1.165, 1.54) is 0 Å². The quantitative estimate of drug-likeness (QED) is 0.206. The molecule has 0 bridgehead atoms. The van der Waals surface area contributed by atoms with Crippen LogP contribution in [-0.2, 0) is 29.8 Å². The molecule has 2 aliphatic rings. The summed E-state index contributed by atoms with van der Waals surface area (Å²) >= 11 is 0. The highest BCUT2D eigenvalue weighted by atomic mass is 16.7. The fourth-order valence-corrected chi connectivity index (χ4v) is 7.07. The van der Waals surface area contributed by atoms with Gasteiger partial charge in [-0.1, -0.05) is 182 Å². The normalized spacial score (nSPS) is 20.1. The molecule has 2 aliphatic heterocycles. The molecule has 6 heteroatoms. The maximum absolute atomic E-state index is 7.35. The maximum atomic E-state index is 7.35. The Morgan fingerprint density at radius 1 is 0.326 bits per heavy atom. The Labute approximate surface area is 270 Å². The van der Waals surface area contributed by atoms with Gasteiger partial charge in [-0.15, -0.1) is 0 Å². The molecule has 0 N–H and O–H groups in total. The molecule has 2 fully saturated rings. The van der Waals surface area contributed by atoms with Crippen molar-refractivity contribution in [3.05, 3.63) is 204 Å². The zero-order chi connectivity index (χ0) is 30.8. The minimum atomic E-state index is -1.07. The second-order valence-corrected chi connectivity index (χ2v) is 11.8. The van der Waals surface area contributed by atoms with Crippen molar-refractivity contribution in [3.63, 3.8) is 0 Å². The van der Waals surface area contributed by atoms with E-state index in [-0.39, 0.29) is 0 Å². The predicted molar refractivity (Wildman–Crippen MR) is 183 cm³/mol. The van der Waals surface area contributed by atoms with Gasteiger partial charge in [0.1, 0.15) is 23.4 Å². The van der Waals surface area contributed by atoms with Crippen molar-refractivity contribution >= 4 is 25.2 Å². The third-order valence-corrected chi connectivity index (χ3v) is 9.16. The molecular formula is C40H32B2O4. The molecule has 46 heavy (non-hydrogen) atoms. The van der Waals surface area contributed by atoms with Gasteiger partial charge in [-0.25, -0.2) is 0 Å². The van der Waals surface area contributed by atoms with Gasteiger partial charge >= 0.3 is 14.2 Å². The van der Waals surface area contributed by atoms with Gasteiger partial charge in [0.05, 0.1) is 0 Å². The Bertz CT molecular complexity index is 1640. The number of hydrogen-bond donors (Lipinski definition) is 0. The van der Waals surface area contributed by atoms with Gasteiger partial charge in [-0.3, -0.25) is 0 Å². The van der Waals surface area contributed by atoms with Crippen molar-refractivity contribution < 1.29 is 18.6 Å². The van der Waals surface area contributed by atoms with Gasteiger partial charge in [0.15, 0.2) is 0 Å². The molecule has 0 unspecified atom stereocenters. The first kappa shape index (κ1) is 28.7. The SMILES string of the molecule is c1ccc(B2O[C@@H]3[C@@H](OB(c4ccccc4)OC3(c3ccccc3)c3ccccc3)C(c3ccccc3)(c3ccccc3)O2)cc1. The molecule has 0 radical (unpaired) electrons. The molecule has 4 nitrogen and oxygen atoms in total. The average molecular weight is 598 g/mol. The van der Waals surface area contributed by atoms with E-state index in [4.69, 9.17) is 18.6 Å². The van der Waals surface area contributed by atoms with Crippen LogP contribution in [0.15, 0.2) is 182 Å². The van der Waals surface area contributed by atoms with Crippen LogP contribution < -0.4 is 10.9 Å². The lowest BCUT2D eigenvalue weighted by Crippen LogP contribution is -2.73. The molecule has 0 amide bonds. The van der Waals surface area contributed by atoms with Gasteiger partial charge in [-0.2, -0.15) is 0 Å². The largest absolute Gasteiger partial charge is 0.495 e. The molecule has 0 aliphatic carbocycles. The third kappa shape index (κ3) is 4.82. The number of fused-ring (bicyclic) bond motifs is 1. The predicted octanol–water partition coefficient (Wildman–Crippen LogP) is 6.50. The van der Waals surface area contributed by atoms with Crippen LogP contribution in [0.5, 0.6) is 0 Å². The van der Waals surface area contributed by atoms with Crippen LogP contribution in [0.4, 0.5) is 0 Å². The van der Waals surface area contributed by atoms with Gasteiger partial charge in [0.25, 0.3) is 0 Å². The fraction of sp³-hybridized carbons (Fsp3) is 0.100. The van der Waals surface area contributed by atoms with E-state index in [0.717, 1.165) is 33.2 Å². The first-order valence-electron chi connectivity index (χ1n) is 15.8. The first-order valence-corrected chi connectivity index (χ1v) is 15.8. The summed E-state index contributed by atoms with van der Waals surface area (Å²) < 4.78 is 29.1. The van der Waals surface area contributed by atoms with Gasteiger partial charge in [-0.05, 0) is 33.2 Å². The summed E-state index contributed by atoms with van der Waals surface area (Å²) in [6.45, 7) is 0. The summed E-state index contributed by atoms with van der Waals surface area (Å²) in [5.41, 5.74) is 3.59. The Kier molecular flexibility index (Phi) is 7.65. The molecule has 0 aromatic heterocycles. The van der Waals surface area contributed by atoms with Crippen LogP contribution in [0.2, 0.25) is 0 Å². The van der Waals surface area contributed by atoms with E-state index in [2.05, 4.69) is 121 Å². The molecule has 0 saturated carbocycles. The lowest BCUT2D eigenvalue weighted by atomic mass is 9.62. The van der Waals surface area contributed by atoms with Crippen LogP contribution >= 0.6 is 0 Å². The molecular weight excluding hydrogens is 566 g/mol. The first-order chi connectivity index (χ1) is 22.8. The minimum Gasteiger partial charge on any atom is -0.398 e. The van der Waals surface area contributed by atoms with E-state index in [1.54, 1.807) is 0 Å². The second kappa shape index (κ2) is 12.2. The van der Waals surface area contributed by atoms with E-state index in [0.29, 0.717) is 0 Å². The number of hydrogen-bond acceptors (Lipinski definition) is 4. The maximum Gasteiger partial charge on any atom is 0.495 e. The summed E-state index contributed by atoms with van der Waals surface area (Å²) in [6, 6.07) is 61.9. The smallest absolute Gasteiger partial charge is 0.398 e. The lowest BCUT2D eigenvalue weighted by molar-refractivity contribution is -0.210. The Hall–Kier alpha value is -4.71. The summed E-state index contributed by atoms with van der Waals surface area (Å²) in [5, 5.41) is 0. The van der Waals surface area contributed by atoms with Gasteiger partial charge in [0, 0.05) is 0 Å². The summed E-state index contributed by atoms with van der Waals surface area (Å²) in [6.07, 6.45) is -1.28. The summed E-state index contributed by atoms with van der Waals surface area (Å²) in [4.78, 5) is 0. The Morgan fingerprint density at radius 3 is 0.826 bits per heavy atom. The van der Waals surface area contributed by atoms with E-state index < -0.39 is 37.6 Å².